The van der Waals surface area contributed by atoms with E-state index in [2.05, 4.69) is 0 Å². The molecule has 0 aromatic heterocycles. The van der Waals surface area contributed by atoms with Crippen LogP contribution in [0.2, 0.25) is 0 Å². The van der Waals surface area contributed by atoms with Crippen molar-refractivity contribution in [2.45, 2.75) is 0 Å². The van der Waals surface area contributed by atoms with E-state index in [0.717, 1.165) is 0 Å². The van der Waals surface area contributed by atoms with E-state index in [4.69, 9.17) is 0 Å². The summed E-state index contributed by atoms with van der Waals surface area (Å²) in [5.41, 5.74) is 0. The van der Waals surface area contributed by atoms with Crippen molar-refractivity contribution in [1.82, 2.24) is 0 Å². The molecule has 0 saturated carbocycles. The number of carboxylic acids is 2. The second-order valence-corrected chi connectivity index (χ2v) is 0.971. The van der Waals surface area contributed by atoms with Gasteiger partial charge in [-0.05, 0) is 12.2 Å². The van der Waals surface area contributed by atoms with Crippen LogP contribution in [0.5, 0.6) is 0 Å². The van der Waals surface area contributed by atoms with Gasteiger partial charge >= 0.3 is 10.1 Å². The fourth-order valence-corrected chi connectivity index (χ4v) is 0.136. The SMILES string of the molecule is O=C([O-])/C=C\C(=O)[O-].[Be+2]. The van der Waals surface area contributed by atoms with Crippen LogP contribution in [0.1, 0.15) is 0 Å². The van der Waals surface area contributed by atoms with Gasteiger partial charge in [0.25, 0.3) is 0 Å². The molecule has 44 valence electrons. The van der Waals surface area contributed by atoms with Gasteiger partial charge in [0.05, 0.1) is 11.9 Å². The first-order chi connectivity index (χ1) is 3.63. The molecule has 0 radical (unpaired) electrons. The van der Waals surface area contributed by atoms with Gasteiger partial charge in [-0.15, -0.1) is 0 Å². The molecule has 0 fully saturated rings. The van der Waals surface area contributed by atoms with Crippen molar-refractivity contribution in [1.29, 1.82) is 0 Å². The second-order valence-electron chi connectivity index (χ2n) is 0.971. The minimum absolute atomic E-state index is 0. The van der Waals surface area contributed by atoms with Gasteiger partial charge in [0.2, 0.25) is 0 Å². The quantitative estimate of drug-likeness (QED) is 0.284. The first kappa shape index (κ1) is 10.8. The summed E-state index contributed by atoms with van der Waals surface area (Å²) in [7, 11) is 0. The van der Waals surface area contributed by atoms with Gasteiger partial charge in [-0.25, -0.2) is 0 Å². The van der Waals surface area contributed by atoms with Crippen molar-refractivity contribution >= 4 is 22.1 Å². The number of hydrogen-bond donors (Lipinski definition) is 0. The van der Waals surface area contributed by atoms with Gasteiger partial charge in [-0.2, -0.15) is 0 Å². The third kappa shape index (κ3) is 10.9. The van der Waals surface area contributed by atoms with Crippen LogP contribution < -0.4 is 10.2 Å². The Kier molecular flexibility index (Phi) is 5.97. The average molecular weight is 123 g/mol. The van der Waals surface area contributed by atoms with Crippen molar-refractivity contribution in [2.24, 2.45) is 0 Å². The summed E-state index contributed by atoms with van der Waals surface area (Å²) < 4.78 is 0. The van der Waals surface area contributed by atoms with E-state index < -0.39 is 11.9 Å². The molecule has 4 nitrogen and oxygen atoms in total. The van der Waals surface area contributed by atoms with Crippen LogP contribution in [-0.4, -0.2) is 22.1 Å². The molecule has 0 rings (SSSR count). The van der Waals surface area contributed by atoms with Crippen molar-refractivity contribution in [3.63, 3.8) is 0 Å². The predicted molar refractivity (Wildman–Crippen MR) is 24.9 cm³/mol. The normalized spacial score (nSPS) is 8.44. The van der Waals surface area contributed by atoms with E-state index >= 15 is 0 Å². The Bertz CT molecular complexity index is 124. The molecule has 0 aliphatic rings. The molecule has 0 aromatic rings. The third-order valence-corrected chi connectivity index (χ3v) is 0.355. The fourth-order valence-electron chi connectivity index (χ4n) is 0.136. The van der Waals surface area contributed by atoms with E-state index in [-0.39, 0.29) is 10.1 Å². The van der Waals surface area contributed by atoms with E-state index in [0.29, 0.717) is 12.2 Å². The zero-order valence-electron chi connectivity index (χ0n) is 4.49. The molecule has 0 amide bonds. The summed E-state index contributed by atoms with van der Waals surface area (Å²) in [6.45, 7) is 0. The molecule has 0 aromatic carbocycles. The average Bonchev–Trinajstić information content (AvgIpc) is 1.61. The molecule has 0 atom stereocenters. The minimum Gasteiger partial charge on any atom is -0.545 e. The monoisotopic (exact) mass is 123 g/mol. The summed E-state index contributed by atoms with van der Waals surface area (Å²) in [5, 5.41) is 18.8. The number of carboxylic acid groups (broad SMARTS) is 2. The Balaban J connectivity index is 0. The molecule has 0 bridgehead atoms. The van der Waals surface area contributed by atoms with Crippen molar-refractivity contribution < 1.29 is 19.8 Å². The van der Waals surface area contributed by atoms with Crippen LogP contribution in [0.3, 0.4) is 0 Å². The Hall–Kier alpha value is -1.15. The van der Waals surface area contributed by atoms with Crippen LogP contribution in [0, 0.1) is 0 Å². The van der Waals surface area contributed by atoms with Crippen molar-refractivity contribution in [2.75, 3.05) is 0 Å². The Morgan fingerprint density at radius 2 is 1.22 bits per heavy atom. The summed E-state index contributed by atoms with van der Waals surface area (Å²) in [6.07, 6.45) is 0.769. The first-order valence-electron chi connectivity index (χ1n) is 1.73. The number of carbonyl (C=O) groups is 2. The number of hydrogen-bond acceptors (Lipinski definition) is 4. The van der Waals surface area contributed by atoms with Crippen LogP contribution in [0.25, 0.3) is 0 Å². The number of rotatable bonds is 2. The Morgan fingerprint density at radius 3 is 1.33 bits per heavy atom. The Morgan fingerprint density at radius 1 is 1.00 bits per heavy atom. The van der Waals surface area contributed by atoms with Crippen LogP contribution in [0.4, 0.5) is 0 Å². The van der Waals surface area contributed by atoms with Gasteiger partial charge in [0.1, 0.15) is 0 Å². The molecule has 0 aliphatic carbocycles. The van der Waals surface area contributed by atoms with Gasteiger partial charge in [0, 0.05) is 0 Å². The Labute approximate surface area is 55.0 Å². The molecule has 5 heteroatoms. The largest absolute Gasteiger partial charge is 2.00 e. The van der Waals surface area contributed by atoms with Gasteiger partial charge in [0.15, 0.2) is 0 Å². The van der Waals surface area contributed by atoms with E-state index in [1.807, 2.05) is 0 Å². The molecule has 9 heavy (non-hydrogen) atoms. The van der Waals surface area contributed by atoms with Crippen molar-refractivity contribution in [3.8, 4) is 0 Å². The summed E-state index contributed by atoms with van der Waals surface area (Å²) in [4.78, 5) is 18.8. The molecular weight excluding hydrogens is 121 g/mol. The fraction of sp³-hybridized carbons (Fsp3) is 0. The van der Waals surface area contributed by atoms with E-state index in [1.165, 1.54) is 0 Å². The minimum atomic E-state index is -1.55. The predicted octanol–water partition coefficient (Wildman–Crippen LogP) is -3.34. The maximum atomic E-state index is 9.41. The third-order valence-electron chi connectivity index (χ3n) is 0.355. The molecule has 0 N–H and O–H groups in total. The summed E-state index contributed by atoms with van der Waals surface area (Å²) >= 11 is 0. The zero-order chi connectivity index (χ0) is 6.57. The van der Waals surface area contributed by atoms with Gasteiger partial charge in [-0.3, -0.25) is 0 Å². The molecule has 0 aliphatic heterocycles. The van der Waals surface area contributed by atoms with Gasteiger partial charge in [-0.1, -0.05) is 0 Å². The standard InChI is InChI=1S/C4H4O4.Be/c5-3(6)1-2-4(7)8;/h1-2H,(H,5,6)(H,7,8);/q;+2/p-2/b2-1-;. The summed E-state index contributed by atoms with van der Waals surface area (Å²) in [5.74, 6) is -3.09. The maximum absolute atomic E-state index is 9.41. The number of carbonyl (C=O) groups excluding carboxylic acids is 2. The van der Waals surface area contributed by atoms with Crippen LogP contribution >= 0.6 is 0 Å². The molecule has 0 heterocycles. The van der Waals surface area contributed by atoms with E-state index in [9.17, 15) is 19.8 Å². The number of aliphatic carboxylic acids is 2. The molecular formula is C4H2BeO4. The second kappa shape index (κ2) is 4.99. The van der Waals surface area contributed by atoms with Crippen LogP contribution in [0.15, 0.2) is 12.2 Å². The molecule has 0 unspecified atom stereocenters. The molecule has 0 spiro atoms. The van der Waals surface area contributed by atoms with Gasteiger partial charge < -0.3 is 19.8 Å². The zero-order valence-corrected chi connectivity index (χ0v) is 4.49. The maximum Gasteiger partial charge on any atom is 2.00 e. The summed E-state index contributed by atoms with van der Waals surface area (Å²) in [6, 6.07) is 0. The molecule has 0 saturated heterocycles. The smallest absolute Gasteiger partial charge is 0.545 e. The first-order valence-corrected chi connectivity index (χ1v) is 1.73. The van der Waals surface area contributed by atoms with E-state index in [1.54, 1.807) is 0 Å². The van der Waals surface area contributed by atoms with Crippen molar-refractivity contribution in [3.05, 3.63) is 12.2 Å². The topological polar surface area (TPSA) is 80.3 Å². The van der Waals surface area contributed by atoms with Crippen LogP contribution in [-0.2, 0) is 9.59 Å².